The highest BCUT2D eigenvalue weighted by Crippen LogP contribution is 2.14. The number of rotatable bonds is 6. The fourth-order valence-electron chi connectivity index (χ4n) is 1.50. The van der Waals surface area contributed by atoms with Crippen LogP contribution in [-0.4, -0.2) is 13.2 Å². The van der Waals surface area contributed by atoms with Crippen molar-refractivity contribution in [3.63, 3.8) is 0 Å². The molecule has 15 heavy (non-hydrogen) atoms. The largest absolute Gasteiger partial charge is 0.497 e. The molecule has 0 fully saturated rings. The van der Waals surface area contributed by atoms with E-state index in [0.717, 1.165) is 18.6 Å². The Kier molecular flexibility index (Phi) is 4.87. The second-order valence-electron chi connectivity index (χ2n) is 3.44. The van der Waals surface area contributed by atoms with E-state index < -0.39 is 0 Å². The molecule has 0 aliphatic carbocycles. The molecule has 1 atom stereocenters. The van der Waals surface area contributed by atoms with Crippen LogP contribution in [0.25, 0.3) is 0 Å². The minimum atomic E-state index is 0.231. The molecule has 3 nitrogen and oxygen atoms in total. The lowest BCUT2D eigenvalue weighted by atomic mass is 10.0. The quantitative estimate of drug-likeness (QED) is 0.422. The molecule has 0 amide bonds. The van der Waals surface area contributed by atoms with E-state index in [1.165, 1.54) is 5.56 Å². The van der Waals surface area contributed by atoms with Crippen molar-refractivity contribution in [3.05, 3.63) is 42.5 Å². The van der Waals surface area contributed by atoms with E-state index in [1.807, 2.05) is 24.3 Å². The van der Waals surface area contributed by atoms with Gasteiger partial charge in [0.15, 0.2) is 0 Å². The van der Waals surface area contributed by atoms with Gasteiger partial charge in [-0.25, -0.2) is 0 Å². The highest BCUT2D eigenvalue weighted by atomic mass is 16.5. The molecular weight excluding hydrogens is 188 g/mol. The summed E-state index contributed by atoms with van der Waals surface area (Å²) in [7, 11) is 1.67. The third-order valence-electron chi connectivity index (χ3n) is 2.30. The zero-order valence-corrected chi connectivity index (χ0v) is 9.07. The van der Waals surface area contributed by atoms with Crippen molar-refractivity contribution < 1.29 is 4.74 Å². The lowest BCUT2D eigenvalue weighted by molar-refractivity contribution is 0.413. The molecule has 0 saturated heterocycles. The summed E-state index contributed by atoms with van der Waals surface area (Å²) in [5.41, 5.74) is 3.98. The van der Waals surface area contributed by atoms with Crippen molar-refractivity contribution in [2.24, 2.45) is 5.84 Å². The van der Waals surface area contributed by atoms with Gasteiger partial charge < -0.3 is 4.74 Å². The number of hydrazine groups is 1. The molecule has 1 unspecified atom stereocenters. The molecule has 3 heteroatoms. The molecule has 1 aromatic rings. The zero-order chi connectivity index (χ0) is 11.1. The van der Waals surface area contributed by atoms with Gasteiger partial charge in [-0.15, -0.1) is 6.58 Å². The summed E-state index contributed by atoms with van der Waals surface area (Å²) in [5, 5.41) is 0. The first-order valence-electron chi connectivity index (χ1n) is 5.00. The van der Waals surface area contributed by atoms with E-state index in [1.54, 1.807) is 7.11 Å². The van der Waals surface area contributed by atoms with Gasteiger partial charge in [-0.2, -0.15) is 0 Å². The van der Waals surface area contributed by atoms with Gasteiger partial charge in [-0.3, -0.25) is 11.3 Å². The average molecular weight is 206 g/mol. The summed E-state index contributed by atoms with van der Waals surface area (Å²) < 4.78 is 5.16. The topological polar surface area (TPSA) is 47.3 Å². The summed E-state index contributed by atoms with van der Waals surface area (Å²) in [4.78, 5) is 0. The molecule has 0 radical (unpaired) electrons. The molecule has 0 aromatic heterocycles. The summed E-state index contributed by atoms with van der Waals surface area (Å²) in [5.74, 6) is 6.32. The van der Waals surface area contributed by atoms with E-state index in [2.05, 4.69) is 18.1 Å². The lowest BCUT2D eigenvalue weighted by Crippen LogP contribution is -2.36. The Morgan fingerprint density at radius 1 is 1.60 bits per heavy atom. The van der Waals surface area contributed by atoms with Crippen LogP contribution in [0.15, 0.2) is 36.9 Å². The van der Waals surface area contributed by atoms with Crippen LogP contribution in [0.1, 0.15) is 12.0 Å². The number of nitrogens with one attached hydrogen (secondary N) is 1. The van der Waals surface area contributed by atoms with Gasteiger partial charge in [-0.1, -0.05) is 18.2 Å². The number of benzene rings is 1. The van der Waals surface area contributed by atoms with Gasteiger partial charge in [-0.05, 0) is 30.5 Å². The fourth-order valence-corrected chi connectivity index (χ4v) is 1.50. The Morgan fingerprint density at radius 3 is 3.00 bits per heavy atom. The molecule has 0 aliphatic rings. The molecule has 82 valence electrons. The maximum Gasteiger partial charge on any atom is 0.119 e. The summed E-state index contributed by atoms with van der Waals surface area (Å²) >= 11 is 0. The smallest absolute Gasteiger partial charge is 0.119 e. The predicted molar refractivity (Wildman–Crippen MR) is 62.6 cm³/mol. The van der Waals surface area contributed by atoms with Crippen molar-refractivity contribution in [1.29, 1.82) is 0 Å². The standard InChI is InChI=1S/C12H18N2O/c1-3-5-11(14-13)8-10-6-4-7-12(9-10)15-2/h3-4,6-7,9,11,14H,1,5,8,13H2,2H3. The molecule has 1 aromatic carbocycles. The van der Waals surface area contributed by atoms with Gasteiger partial charge in [0.25, 0.3) is 0 Å². The molecule has 0 aliphatic heterocycles. The molecule has 3 N–H and O–H groups in total. The maximum atomic E-state index is 5.45. The van der Waals surface area contributed by atoms with Gasteiger partial charge in [0, 0.05) is 6.04 Å². The summed E-state index contributed by atoms with van der Waals surface area (Å²) in [6.07, 6.45) is 3.60. The molecule has 0 bridgehead atoms. The first-order valence-corrected chi connectivity index (χ1v) is 5.00. The van der Waals surface area contributed by atoms with Crippen LogP contribution in [-0.2, 0) is 6.42 Å². The average Bonchev–Trinajstić information content (AvgIpc) is 2.29. The number of nitrogens with two attached hydrogens (primary N) is 1. The van der Waals surface area contributed by atoms with E-state index in [9.17, 15) is 0 Å². The Bertz CT molecular complexity index is 312. The van der Waals surface area contributed by atoms with Gasteiger partial charge in [0.2, 0.25) is 0 Å². The van der Waals surface area contributed by atoms with Gasteiger partial charge in [0.05, 0.1) is 7.11 Å². The van der Waals surface area contributed by atoms with Crippen LogP contribution in [0.5, 0.6) is 5.75 Å². The van der Waals surface area contributed by atoms with Crippen LogP contribution < -0.4 is 16.0 Å². The second-order valence-corrected chi connectivity index (χ2v) is 3.44. The minimum Gasteiger partial charge on any atom is -0.497 e. The zero-order valence-electron chi connectivity index (χ0n) is 9.07. The first-order chi connectivity index (χ1) is 7.30. The summed E-state index contributed by atoms with van der Waals surface area (Å²) in [6.45, 7) is 3.70. The first kappa shape index (κ1) is 11.8. The normalized spacial score (nSPS) is 12.1. The van der Waals surface area contributed by atoms with Crippen molar-refractivity contribution >= 4 is 0 Å². The van der Waals surface area contributed by atoms with Gasteiger partial charge >= 0.3 is 0 Å². The Morgan fingerprint density at radius 2 is 2.40 bits per heavy atom. The highest BCUT2D eigenvalue weighted by Gasteiger charge is 2.05. The molecular formula is C12H18N2O. The molecule has 0 heterocycles. The van der Waals surface area contributed by atoms with E-state index in [4.69, 9.17) is 10.6 Å². The van der Waals surface area contributed by atoms with Crippen LogP contribution in [0.3, 0.4) is 0 Å². The van der Waals surface area contributed by atoms with E-state index >= 15 is 0 Å². The number of methoxy groups -OCH3 is 1. The third-order valence-corrected chi connectivity index (χ3v) is 2.30. The van der Waals surface area contributed by atoms with Crippen molar-refractivity contribution in [2.45, 2.75) is 18.9 Å². The minimum absolute atomic E-state index is 0.231. The fraction of sp³-hybridized carbons (Fsp3) is 0.333. The van der Waals surface area contributed by atoms with Crippen LogP contribution in [0, 0.1) is 0 Å². The van der Waals surface area contributed by atoms with Crippen LogP contribution in [0.4, 0.5) is 0 Å². The Labute approximate surface area is 90.9 Å². The van der Waals surface area contributed by atoms with Crippen molar-refractivity contribution in [3.8, 4) is 5.75 Å². The molecule has 1 rings (SSSR count). The molecule has 0 spiro atoms. The number of ether oxygens (including phenoxy) is 1. The second kappa shape index (κ2) is 6.22. The Hall–Kier alpha value is -1.32. The third kappa shape index (κ3) is 3.73. The highest BCUT2D eigenvalue weighted by molar-refractivity contribution is 5.29. The number of hydrogen-bond acceptors (Lipinski definition) is 3. The van der Waals surface area contributed by atoms with Gasteiger partial charge in [0.1, 0.15) is 5.75 Å². The van der Waals surface area contributed by atoms with Crippen LogP contribution >= 0.6 is 0 Å². The predicted octanol–water partition coefficient (Wildman–Crippen LogP) is 1.65. The maximum absolute atomic E-state index is 5.45. The van der Waals surface area contributed by atoms with E-state index in [0.29, 0.717) is 0 Å². The number of hydrogen-bond donors (Lipinski definition) is 2. The lowest BCUT2D eigenvalue weighted by Gasteiger charge is -2.14. The molecule has 0 saturated carbocycles. The van der Waals surface area contributed by atoms with Crippen molar-refractivity contribution in [1.82, 2.24) is 5.43 Å². The SMILES string of the molecule is C=CCC(Cc1cccc(OC)c1)NN. The van der Waals surface area contributed by atoms with E-state index in [-0.39, 0.29) is 6.04 Å². The summed E-state index contributed by atoms with van der Waals surface area (Å²) in [6, 6.07) is 8.23. The van der Waals surface area contributed by atoms with Crippen LogP contribution in [0.2, 0.25) is 0 Å². The monoisotopic (exact) mass is 206 g/mol. The Balaban J connectivity index is 2.65. The van der Waals surface area contributed by atoms with Crippen molar-refractivity contribution in [2.75, 3.05) is 7.11 Å².